The van der Waals surface area contributed by atoms with E-state index in [1.165, 1.54) is 12.3 Å². The number of aromatic nitrogens is 1. The van der Waals surface area contributed by atoms with Crippen molar-refractivity contribution in [3.8, 4) is 0 Å². The first kappa shape index (κ1) is 13.5. The van der Waals surface area contributed by atoms with E-state index in [2.05, 4.69) is 4.98 Å². The number of nitrogens with two attached hydrogens (primary N) is 1. The average molecular weight is 266 g/mol. The summed E-state index contributed by atoms with van der Waals surface area (Å²) in [6.45, 7) is 3.23. The molecule has 1 aromatic heterocycles. The molecule has 1 aromatic rings. The number of hydrogen-bond acceptors (Lipinski definition) is 4. The lowest BCUT2D eigenvalue weighted by Crippen LogP contribution is -2.45. The number of rotatable bonds is 3. The Morgan fingerprint density at radius 2 is 2.42 bits per heavy atom. The van der Waals surface area contributed by atoms with Gasteiger partial charge in [0.1, 0.15) is 5.69 Å². The molecule has 0 aliphatic carbocycles. The summed E-state index contributed by atoms with van der Waals surface area (Å²) in [4.78, 5) is 26.7. The molecule has 1 amide bonds. The van der Waals surface area contributed by atoms with E-state index in [9.17, 15) is 14.9 Å². The van der Waals surface area contributed by atoms with Gasteiger partial charge in [0.2, 0.25) is 0 Å². The van der Waals surface area contributed by atoms with Crippen LogP contribution in [-0.2, 0) is 0 Å². The number of nitrogens with one attached hydrogen (secondary N) is 1. The van der Waals surface area contributed by atoms with Gasteiger partial charge >= 0.3 is 0 Å². The highest BCUT2D eigenvalue weighted by atomic mass is 16.6. The minimum atomic E-state index is -0.520. The lowest BCUT2D eigenvalue weighted by atomic mass is 9.92. The molecule has 0 saturated carbocycles. The summed E-state index contributed by atoms with van der Waals surface area (Å²) in [5.41, 5.74) is 6.04. The van der Waals surface area contributed by atoms with Gasteiger partial charge in [-0.1, -0.05) is 0 Å². The van der Waals surface area contributed by atoms with Gasteiger partial charge in [0, 0.05) is 25.2 Å². The molecule has 3 N–H and O–H groups in total. The van der Waals surface area contributed by atoms with E-state index in [4.69, 9.17) is 5.73 Å². The Morgan fingerprint density at radius 1 is 1.68 bits per heavy atom. The van der Waals surface area contributed by atoms with Gasteiger partial charge in [0.15, 0.2) is 0 Å². The summed E-state index contributed by atoms with van der Waals surface area (Å²) < 4.78 is 0. The van der Waals surface area contributed by atoms with Crippen molar-refractivity contribution < 1.29 is 9.72 Å². The van der Waals surface area contributed by atoms with Crippen LogP contribution in [-0.4, -0.2) is 39.8 Å². The van der Waals surface area contributed by atoms with Gasteiger partial charge in [0.05, 0.1) is 11.1 Å². The molecular formula is C12H18N4O3. The van der Waals surface area contributed by atoms with Crippen molar-refractivity contribution >= 4 is 11.6 Å². The molecule has 2 rings (SSSR count). The van der Waals surface area contributed by atoms with Gasteiger partial charge in [-0.05, 0) is 25.7 Å². The zero-order valence-corrected chi connectivity index (χ0v) is 10.8. The smallest absolute Gasteiger partial charge is 0.287 e. The number of aromatic amines is 1. The fraction of sp³-hybridized carbons (Fsp3) is 0.583. The first-order valence-electron chi connectivity index (χ1n) is 6.36. The Hall–Kier alpha value is -1.89. The largest absolute Gasteiger partial charge is 0.351 e. The van der Waals surface area contributed by atoms with E-state index in [0.717, 1.165) is 12.8 Å². The summed E-state index contributed by atoms with van der Waals surface area (Å²) in [6, 6.07) is 1.33. The molecule has 2 atom stereocenters. The van der Waals surface area contributed by atoms with E-state index >= 15 is 0 Å². The molecule has 1 aliphatic rings. The van der Waals surface area contributed by atoms with Crippen molar-refractivity contribution in [3.05, 3.63) is 28.1 Å². The highest BCUT2D eigenvalue weighted by Crippen LogP contribution is 2.21. The van der Waals surface area contributed by atoms with E-state index in [-0.39, 0.29) is 23.3 Å². The SMILES string of the molecule is CC(N)C1CCCN(C(=O)c2cc([N+](=O)[O-])c[nH]2)C1. The second kappa shape index (κ2) is 5.40. The van der Waals surface area contributed by atoms with Gasteiger partial charge < -0.3 is 15.6 Å². The number of hydrogen-bond donors (Lipinski definition) is 2. The van der Waals surface area contributed by atoms with E-state index in [1.807, 2.05) is 6.92 Å². The fourth-order valence-corrected chi connectivity index (χ4v) is 2.41. The summed E-state index contributed by atoms with van der Waals surface area (Å²) >= 11 is 0. The predicted octanol–water partition coefficient (Wildman–Crippen LogP) is 1.12. The molecule has 0 radical (unpaired) electrons. The van der Waals surface area contributed by atoms with Crippen LogP contribution in [0.4, 0.5) is 5.69 Å². The van der Waals surface area contributed by atoms with Crippen molar-refractivity contribution in [3.63, 3.8) is 0 Å². The van der Waals surface area contributed by atoms with Gasteiger partial charge in [-0.3, -0.25) is 14.9 Å². The maximum Gasteiger partial charge on any atom is 0.287 e. The van der Waals surface area contributed by atoms with Crippen molar-refractivity contribution in [2.75, 3.05) is 13.1 Å². The van der Waals surface area contributed by atoms with Gasteiger partial charge in [-0.15, -0.1) is 0 Å². The quantitative estimate of drug-likeness (QED) is 0.631. The minimum absolute atomic E-state index is 0.0496. The monoisotopic (exact) mass is 266 g/mol. The molecule has 7 nitrogen and oxygen atoms in total. The fourth-order valence-electron chi connectivity index (χ4n) is 2.41. The van der Waals surface area contributed by atoms with Crippen molar-refractivity contribution in [1.82, 2.24) is 9.88 Å². The summed E-state index contributed by atoms with van der Waals surface area (Å²) in [7, 11) is 0. The lowest BCUT2D eigenvalue weighted by Gasteiger charge is -2.34. The summed E-state index contributed by atoms with van der Waals surface area (Å²) in [6.07, 6.45) is 3.17. The normalized spacial score (nSPS) is 21.2. The number of piperidine rings is 1. The molecule has 104 valence electrons. The summed E-state index contributed by atoms with van der Waals surface area (Å²) in [5, 5.41) is 10.6. The van der Waals surface area contributed by atoms with Crippen LogP contribution in [0.5, 0.6) is 0 Å². The van der Waals surface area contributed by atoms with Crippen molar-refractivity contribution in [2.45, 2.75) is 25.8 Å². The first-order chi connectivity index (χ1) is 8.99. The number of carbonyl (C=O) groups excluding carboxylic acids is 1. The Morgan fingerprint density at radius 3 is 3.00 bits per heavy atom. The molecular weight excluding hydrogens is 248 g/mol. The van der Waals surface area contributed by atoms with Gasteiger partial charge in [0.25, 0.3) is 11.6 Å². The molecule has 0 aromatic carbocycles. The number of H-pyrrole nitrogens is 1. The third kappa shape index (κ3) is 2.93. The second-order valence-electron chi connectivity index (χ2n) is 5.04. The molecule has 0 spiro atoms. The Bertz CT molecular complexity index is 483. The number of likely N-dealkylation sites (tertiary alicyclic amines) is 1. The topological polar surface area (TPSA) is 105 Å². The van der Waals surface area contributed by atoms with E-state index < -0.39 is 4.92 Å². The molecule has 2 unspecified atom stereocenters. The van der Waals surface area contributed by atoms with Gasteiger partial charge in [-0.25, -0.2) is 0 Å². The zero-order valence-electron chi connectivity index (χ0n) is 10.8. The van der Waals surface area contributed by atoms with Crippen LogP contribution in [0.3, 0.4) is 0 Å². The second-order valence-corrected chi connectivity index (χ2v) is 5.04. The van der Waals surface area contributed by atoms with Crippen LogP contribution in [0.15, 0.2) is 12.3 Å². The lowest BCUT2D eigenvalue weighted by molar-refractivity contribution is -0.384. The van der Waals surface area contributed by atoms with Crippen molar-refractivity contribution in [2.24, 2.45) is 11.7 Å². The maximum atomic E-state index is 12.2. The van der Waals surface area contributed by atoms with Crippen LogP contribution in [0.2, 0.25) is 0 Å². The Balaban J connectivity index is 2.08. The van der Waals surface area contributed by atoms with Crippen LogP contribution < -0.4 is 5.73 Å². The van der Waals surface area contributed by atoms with Crippen LogP contribution in [0.25, 0.3) is 0 Å². The molecule has 1 fully saturated rings. The number of carbonyl (C=O) groups is 1. The molecule has 0 bridgehead atoms. The van der Waals surface area contributed by atoms with Crippen molar-refractivity contribution in [1.29, 1.82) is 0 Å². The Kier molecular flexibility index (Phi) is 3.84. The number of amides is 1. The number of nitro groups is 1. The molecule has 1 aliphatic heterocycles. The average Bonchev–Trinajstić information content (AvgIpc) is 2.87. The Labute approximate surface area is 110 Å². The molecule has 2 heterocycles. The zero-order chi connectivity index (χ0) is 14.0. The van der Waals surface area contributed by atoms with E-state index in [1.54, 1.807) is 4.90 Å². The highest BCUT2D eigenvalue weighted by molar-refractivity contribution is 5.93. The van der Waals surface area contributed by atoms with Crippen LogP contribution in [0.1, 0.15) is 30.3 Å². The summed E-state index contributed by atoms with van der Waals surface area (Å²) in [5.74, 6) is 0.0982. The van der Waals surface area contributed by atoms with Crippen LogP contribution in [0, 0.1) is 16.0 Å². The molecule has 1 saturated heterocycles. The molecule has 19 heavy (non-hydrogen) atoms. The standard InChI is InChI=1S/C12H18N4O3/c1-8(13)9-3-2-4-15(7-9)12(17)11-5-10(6-14-11)16(18)19/h5-6,8-9,14H,2-4,7,13H2,1H3. The van der Waals surface area contributed by atoms with Crippen LogP contribution >= 0.6 is 0 Å². The maximum absolute atomic E-state index is 12.2. The third-order valence-corrected chi connectivity index (χ3v) is 3.60. The predicted molar refractivity (Wildman–Crippen MR) is 69.7 cm³/mol. The molecule has 7 heteroatoms. The van der Waals surface area contributed by atoms with E-state index in [0.29, 0.717) is 19.0 Å². The number of nitrogens with zero attached hydrogens (tertiary/aromatic N) is 2. The highest BCUT2D eigenvalue weighted by Gasteiger charge is 2.27. The minimum Gasteiger partial charge on any atom is -0.351 e. The third-order valence-electron chi connectivity index (χ3n) is 3.60. The van der Waals surface area contributed by atoms with Gasteiger partial charge in [-0.2, -0.15) is 0 Å². The first-order valence-corrected chi connectivity index (χ1v) is 6.36.